The molecule has 11 heteroatoms. The van der Waals surface area contributed by atoms with E-state index in [9.17, 15) is 35.5 Å². The molecule has 2 rings (SSSR count). The lowest BCUT2D eigenvalue weighted by molar-refractivity contribution is -0.274. The number of amides is 2. The lowest BCUT2D eigenvalue weighted by atomic mass is 10.1. The van der Waals surface area contributed by atoms with Crippen LogP contribution < -0.4 is 15.4 Å². The first-order valence-corrected chi connectivity index (χ1v) is 7.20. The van der Waals surface area contributed by atoms with Gasteiger partial charge in [-0.25, -0.2) is 9.18 Å². The number of benzene rings is 2. The molecule has 2 aromatic rings. The molecule has 0 aliphatic heterocycles. The van der Waals surface area contributed by atoms with Crippen LogP contribution in [0.3, 0.4) is 0 Å². The van der Waals surface area contributed by atoms with Crippen LogP contribution in [0.1, 0.15) is 11.1 Å². The number of alkyl halides is 6. The summed E-state index contributed by atoms with van der Waals surface area (Å²) < 4.78 is 90.9. The second-order valence-corrected chi connectivity index (χ2v) is 5.23. The maximum atomic E-state index is 13.3. The van der Waals surface area contributed by atoms with Crippen molar-refractivity contribution >= 4 is 11.7 Å². The number of ether oxygens (including phenoxy) is 1. The van der Waals surface area contributed by atoms with Gasteiger partial charge in [0, 0.05) is 12.2 Å². The van der Waals surface area contributed by atoms with Gasteiger partial charge in [-0.3, -0.25) is 0 Å². The molecule has 0 saturated heterocycles. The van der Waals surface area contributed by atoms with E-state index in [4.69, 9.17) is 0 Å². The second kappa shape index (κ2) is 7.72. The molecule has 2 N–H and O–H groups in total. The van der Waals surface area contributed by atoms with Crippen LogP contribution in [-0.2, 0) is 12.7 Å². The summed E-state index contributed by atoms with van der Waals surface area (Å²) in [6, 6.07) is 5.18. The molecule has 0 heterocycles. The monoisotopic (exact) mass is 396 g/mol. The summed E-state index contributed by atoms with van der Waals surface area (Å²) in [6.45, 7) is -0.401. The largest absolute Gasteiger partial charge is 0.573 e. The summed E-state index contributed by atoms with van der Waals surface area (Å²) in [4.78, 5) is 11.7. The van der Waals surface area contributed by atoms with Crippen LogP contribution in [0.5, 0.6) is 5.75 Å². The van der Waals surface area contributed by atoms with Crippen molar-refractivity contribution in [1.82, 2.24) is 5.32 Å². The fourth-order valence-corrected chi connectivity index (χ4v) is 2.01. The molecule has 4 nitrogen and oxygen atoms in total. The van der Waals surface area contributed by atoms with E-state index in [0.717, 1.165) is 30.3 Å². The SMILES string of the molecule is O=C(NCc1cc(F)cc(C(F)(F)F)c1)Nc1ccc(OC(F)(F)F)cc1. The van der Waals surface area contributed by atoms with Crippen molar-refractivity contribution in [2.75, 3.05) is 5.32 Å². The van der Waals surface area contributed by atoms with Crippen LogP contribution in [0.25, 0.3) is 0 Å². The fourth-order valence-electron chi connectivity index (χ4n) is 2.01. The Bertz CT molecular complexity index is 802. The second-order valence-electron chi connectivity index (χ2n) is 5.23. The normalized spacial score (nSPS) is 11.8. The fraction of sp³-hybridized carbons (Fsp3) is 0.188. The molecule has 0 atom stereocenters. The number of anilines is 1. The van der Waals surface area contributed by atoms with Gasteiger partial charge in [0.15, 0.2) is 0 Å². The predicted molar refractivity (Wildman–Crippen MR) is 80.4 cm³/mol. The third-order valence-corrected chi connectivity index (χ3v) is 3.08. The maximum Gasteiger partial charge on any atom is 0.573 e. The van der Waals surface area contributed by atoms with E-state index in [1.54, 1.807) is 0 Å². The average Bonchev–Trinajstić information content (AvgIpc) is 2.52. The number of rotatable bonds is 4. The molecule has 2 amide bonds. The van der Waals surface area contributed by atoms with Crippen molar-refractivity contribution < 1.29 is 40.3 Å². The van der Waals surface area contributed by atoms with E-state index >= 15 is 0 Å². The molecule has 27 heavy (non-hydrogen) atoms. The van der Waals surface area contributed by atoms with Crippen molar-refractivity contribution in [2.45, 2.75) is 19.1 Å². The molecule has 0 spiro atoms. The number of carbonyl (C=O) groups excluding carboxylic acids is 1. The standard InChI is InChI=1S/C16H11F7N2O2/c17-11-6-9(5-10(7-11)15(18,19)20)8-24-14(26)25-12-1-3-13(4-2-12)27-16(21,22)23/h1-7H,8H2,(H2,24,25,26). The highest BCUT2D eigenvalue weighted by Crippen LogP contribution is 2.30. The van der Waals surface area contributed by atoms with Gasteiger partial charge in [-0.1, -0.05) is 0 Å². The van der Waals surface area contributed by atoms with E-state index in [0.29, 0.717) is 12.1 Å². The summed E-state index contributed by atoms with van der Waals surface area (Å²) in [6.07, 6.45) is -9.59. The number of halogens is 7. The minimum atomic E-state index is -4.85. The molecule has 0 aromatic heterocycles. The van der Waals surface area contributed by atoms with Gasteiger partial charge >= 0.3 is 18.6 Å². The third kappa shape index (κ3) is 6.68. The van der Waals surface area contributed by atoms with E-state index in [2.05, 4.69) is 15.4 Å². The lowest BCUT2D eigenvalue weighted by Crippen LogP contribution is -2.28. The van der Waals surface area contributed by atoms with Crippen molar-refractivity contribution in [3.05, 3.63) is 59.4 Å². The summed E-state index contributed by atoms with van der Waals surface area (Å²) >= 11 is 0. The topological polar surface area (TPSA) is 50.4 Å². The van der Waals surface area contributed by atoms with Gasteiger partial charge in [0.1, 0.15) is 11.6 Å². The molecule has 146 valence electrons. The van der Waals surface area contributed by atoms with Crippen LogP contribution in [0.15, 0.2) is 42.5 Å². The third-order valence-electron chi connectivity index (χ3n) is 3.08. The molecule has 2 aromatic carbocycles. The van der Waals surface area contributed by atoms with Gasteiger partial charge < -0.3 is 15.4 Å². The Balaban J connectivity index is 1.94. The van der Waals surface area contributed by atoms with Crippen LogP contribution in [0.2, 0.25) is 0 Å². The van der Waals surface area contributed by atoms with Gasteiger partial charge in [-0.2, -0.15) is 13.2 Å². The molecule has 0 unspecified atom stereocenters. The van der Waals surface area contributed by atoms with Crippen molar-refractivity contribution in [3.8, 4) is 5.75 Å². The van der Waals surface area contributed by atoms with Gasteiger partial charge in [0.2, 0.25) is 0 Å². The highest BCUT2D eigenvalue weighted by atomic mass is 19.4. The Labute approximate surface area is 147 Å². The first kappa shape index (κ1) is 20.3. The zero-order valence-corrected chi connectivity index (χ0v) is 13.2. The number of hydrogen-bond acceptors (Lipinski definition) is 2. The lowest BCUT2D eigenvalue weighted by Gasteiger charge is -2.12. The Kier molecular flexibility index (Phi) is 5.82. The van der Waals surface area contributed by atoms with Gasteiger partial charge in [-0.05, 0) is 48.0 Å². The first-order chi connectivity index (χ1) is 12.4. The van der Waals surface area contributed by atoms with Crippen LogP contribution in [-0.4, -0.2) is 12.4 Å². The summed E-state index contributed by atoms with van der Waals surface area (Å²) in [5, 5.41) is 4.47. The molecule has 0 bridgehead atoms. The minimum Gasteiger partial charge on any atom is -0.406 e. The molecular formula is C16H11F7N2O2. The van der Waals surface area contributed by atoms with Gasteiger partial charge in [0.05, 0.1) is 5.56 Å². The molecule has 0 radical (unpaired) electrons. The Hall–Kier alpha value is -2.98. The molecular weight excluding hydrogens is 385 g/mol. The quantitative estimate of drug-likeness (QED) is 0.710. The zero-order valence-electron chi connectivity index (χ0n) is 13.2. The molecule has 0 fully saturated rings. The van der Waals surface area contributed by atoms with Crippen LogP contribution in [0, 0.1) is 5.82 Å². The number of nitrogens with one attached hydrogen (secondary N) is 2. The predicted octanol–water partition coefficient (Wildman–Crippen LogP) is 5.06. The van der Waals surface area contributed by atoms with E-state index < -0.39 is 42.2 Å². The first-order valence-electron chi connectivity index (χ1n) is 7.20. The number of urea groups is 1. The van der Waals surface area contributed by atoms with E-state index in [-0.39, 0.29) is 11.3 Å². The highest BCUT2D eigenvalue weighted by molar-refractivity contribution is 5.89. The Morgan fingerprint density at radius 2 is 1.59 bits per heavy atom. The van der Waals surface area contributed by atoms with Crippen LogP contribution in [0.4, 0.5) is 41.2 Å². The number of carbonyl (C=O) groups is 1. The number of hydrogen-bond donors (Lipinski definition) is 2. The van der Waals surface area contributed by atoms with Crippen molar-refractivity contribution in [2.24, 2.45) is 0 Å². The highest BCUT2D eigenvalue weighted by Gasteiger charge is 2.32. The Morgan fingerprint density at radius 3 is 2.15 bits per heavy atom. The smallest absolute Gasteiger partial charge is 0.406 e. The van der Waals surface area contributed by atoms with E-state index in [1.807, 2.05) is 0 Å². The minimum absolute atomic E-state index is 0.109. The summed E-state index contributed by atoms with van der Waals surface area (Å²) in [7, 11) is 0. The van der Waals surface area contributed by atoms with E-state index in [1.165, 1.54) is 0 Å². The van der Waals surface area contributed by atoms with Gasteiger partial charge in [0.25, 0.3) is 0 Å². The summed E-state index contributed by atoms with van der Waals surface area (Å²) in [5.74, 6) is -1.60. The van der Waals surface area contributed by atoms with Gasteiger partial charge in [-0.15, -0.1) is 13.2 Å². The van der Waals surface area contributed by atoms with Crippen molar-refractivity contribution in [3.63, 3.8) is 0 Å². The summed E-state index contributed by atoms with van der Waals surface area (Å²) in [5.41, 5.74) is -1.20. The maximum absolute atomic E-state index is 13.3. The molecule has 0 saturated carbocycles. The van der Waals surface area contributed by atoms with Crippen molar-refractivity contribution in [1.29, 1.82) is 0 Å². The molecule has 0 aliphatic rings. The van der Waals surface area contributed by atoms with Crippen LogP contribution >= 0.6 is 0 Å². The Morgan fingerprint density at radius 1 is 0.963 bits per heavy atom. The average molecular weight is 396 g/mol. The molecule has 0 aliphatic carbocycles. The zero-order chi connectivity index (χ0) is 20.2.